The minimum atomic E-state index is -0.784. The molecule has 0 aliphatic carbocycles. The average Bonchev–Trinajstić information content (AvgIpc) is 3.08. The largest absolute Gasteiger partial charge is 0.506 e. The van der Waals surface area contributed by atoms with Crippen LogP contribution < -0.4 is 10.6 Å². The van der Waals surface area contributed by atoms with Gasteiger partial charge in [0, 0.05) is 30.1 Å². The first kappa shape index (κ1) is 28.4. The first-order valence-electron chi connectivity index (χ1n) is 14.5. The maximum Gasteiger partial charge on any atom is 0.251 e. The van der Waals surface area contributed by atoms with E-state index in [2.05, 4.69) is 27.8 Å². The Kier molecular flexibility index (Phi) is 8.41. The predicted octanol–water partition coefficient (Wildman–Crippen LogP) is 6.93. The van der Waals surface area contributed by atoms with Gasteiger partial charge in [-0.1, -0.05) is 103 Å². The zero-order valence-electron chi connectivity index (χ0n) is 24.0. The van der Waals surface area contributed by atoms with Crippen molar-refractivity contribution in [1.82, 2.24) is 15.6 Å². The van der Waals surface area contributed by atoms with Gasteiger partial charge in [0.15, 0.2) is 0 Å². The van der Waals surface area contributed by atoms with Crippen molar-refractivity contribution in [2.45, 2.75) is 19.0 Å². The third kappa shape index (κ3) is 6.66. The zero-order chi connectivity index (χ0) is 30.3. The summed E-state index contributed by atoms with van der Waals surface area (Å²) in [6.45, 7) is 0.338. The smallest absolute Gasteiger partial charge is 0.251 e. The number of benzene rings is 5. The highest BCUT2D eigenvalue weighted by molar-refractivity contribution is 5.99. The highest BCUT2D eigenvalue weighted by Crippen LogP contribution is 2.31. The Morgan fingerprint density at radius 3 is 2.14 bits per heavy atom. The Bertz CT molecular complexity index is 1910. The van der Waals surface area contributed by atoms with Gasteiger partial charge in [-0.15, -0.1) is 0 Å². The summed E-state index contributed by atoms with van der Waals surface area (Å²) in [6.07, 6.45) is 1.98. The molecule has 0 saturated heterocycles. The first-order chi connectivity index (χ1) is 21.5. The number of amides is 2. The predicted molar refractivity (Wildman–Crippen MR) is 174 cm³/mol. The third-order valence-corrected chi connectivity index (χ3v) is 7.58. The van der Waals surface area contributed by atoms with E-state index in [4.69, 9.17) is 0 Å². The lowest BCUT2D eigenvalue weighted by Gasteiger charge is -2.19. The molecule has 5 aromatic carbocycles. The number of carbonyl (C=O) groups excluding carboxylic acids is 2. The highest BCUT2D eigenvalue weighted by Gasteiger charge is 2.22. The van der Waals surface area contributed by atoms with Crippen molar-refractivity contribution in [2.24, 2.45) is 0 Å². The van der Waals surface area contributed by atoms with Crippen LogP contribution in [0.4, 0.5) is 0 Å². The van der Waals surface area contributed by atoms with E-state index in [0.717, 1.165) is 38.8 Å². The fourth-order valence-corrected chi connectivity index (χ4v) is 5.24. The number of pyridine rings is 1. The normalized spacial score (nSPS) is 11.5. The van der Waals surface area contributed by atoms with Crippen molar-refractivity contribution < 1.29 is 14.7 Å². The van der Waals surface area contributed by atoms with Gasteiger partial charge in [-0.2, -0.15) is 0 Å². The molecule has 1 aromatic heterocycles. The Hall–Kier alpha value is -5.75. The monoisotopic (exact) mass is 577 g/mol. The van der Waals surface area contributed by atoms with Crippen LogP contribution in [0.5, 0.6) is 5.75 Å². The van der Waals surface area contributed by atoms with Gasteiger partial charge >= 0.3 is 0 Å². The molecule has 1 heterocycles. The van der Waals surface area contributed by atoms with Crippen LogP contribution in [-0.4, -0.2) is 27.9 Å². The van der Waals surface area contributed by atoms with Crippen molar-refractivity contribution in [3.63, 3.8) is 0 Å². The van der Waals surface area contributed by atoms with Gasteiger partial charge in [0.05, 0.1) is 0 Å². The molecule has 0 radical (unpaired) electrons. The maximum absolute atomic E-state index is 13.5. The lowest BCUT2D eigenvalue weighted by Crippen LogP contribution is -2.47. The summed E-state index contributed by atoms with van der Waals surface area (Å²) in [5, 5.41) is 17.3. The van der Waals surface area contributed by atoms with Crippen LogP contribution in [-0.2, 0) is 17.8 Å². The molecule has 0 saturated carbocycles. The Morgan fingerprint density at radius 1 is 0.659 bits per heavy atom. The van der Waals surface area contributed by atoms with E-state index in [9.17, 15) is 14.7 Å². The van der Waals surface area contributed by atoms with Crippen LogP contribution in [0.1, 0.15) is 21.5 Å². The van der Waals surface area contributed by atoms with Crippen LogP contribution in [0.3, 0.4) is 0 Å². The molecule has 0 aliphatic heterocycles. The Labute approximate surface area is 256 Å². The van der Waals surface area contributed by atoms with Crippen LogP contribution in [0.25, 0.3) is 33.2 Å². The average molecular weight is 578 g/mol. The molecule has 1 unspecified atom stereocenters. The van der Waals surface area contributed by atoms with Crippen molar-refractivity contribution in [1.29, 1.82) is 0 Å². The fraction of sp³-hybridized carbons (Fsp3) is 0.0789. The number of hydrogen-bond acceptors (Lipinski definition) is 4. The van der Waals surface area contributed by atoms with Gasteiger partial charge in [-0.3, -0.25) is 14.6 Å². The summed E-state index contributed by atoms with van der Waals surface area (Å²) >= 11 is 0. The topological polar surface area (TPSA) is 91.3 Å². The molecule has 6 rings (SSSR count). The molecule has 0 fully saturated rings. The van der Waals surface area contributed by atoms with Crippen LogP contribution in [0, 0.1) is 0 Å². The number of rotatable bonds is 9. The molecular formula is C38H31N3O3. The molecule has 3 N–H and O–H groups in total. The number of phenolic OH excluding ortho intramolecular Hbond substituents is 1. The van der Waals surface area contributed by atoms with Crippen molar-refractivity contribution in [2.75, 3.05) is 0 Å². The molecular weight excluding hydrogens is 546 g/mol. The van der Waals surface area contributed by atoms with E-state index in [1.165, 1.54) is 0 Å². The molecule has 6 heteroatoms. The number of phenols is 1. The molecule has 6 aromatic rings. The number of carbonyl (C=O) groups is 2. The number of nitrogens with zero attached hydrogens (tertiary/aromatic N) is 1. The fourth-order valence-electron chi connectivity index (χ4n) is 5.24. The van der Waals surface area contributed by atoms with E-state index in [-0.39, 0.29) is 17.6 Å². The molecule has 1 atom stereocenters. The van der Waals surface area contributed by atoms with Gasteiger partial charge in [0.2, 0.25) is 5.91 Å². The van der Waals surface area contributed by atoms with E-state index >= 15 is 0 Å². The minimum absolute atomic E-state index is 0.0715. The summed E-state index contributed by atoms with van der Waals surface area (Å²) in [7, 11) is 0. The van der Waals surface area contributed by atoms with Crippen molar-refractivity contribution in [3.05, 3.63) is 156 Å². The number of aromatic nitrogens is 1. The number of fused-ring (bicyclic) bond motifs is 1. The summed E-state index contributed by atoms with van der Waals surface area (Å²) in [6, 6.07) is 41.5. The number of aromatic hydroxyl groups is 1. The van der Waals surface area contributed by atoms with E-state index in [0.29, 0.717) is 24.0 Å². The van der Waals surface area contributed by atoms with Gasteiger partial charge in [-0.25, -0.2) is 0 Å². The van der Waals surface area contributed by atoms with Crippen molar-refractivity contribution in [3.8, 4) is 28.0 Å². The van der Waals surface area contributed by atoms with Crippen LogP contribution >= 0.6 is 0 Å². The van der Waals surface area contributed by atoms with Gasteiger partial charge in [0.25, 0.3) is 5.91 Å². The van der Waals surface area contributed by atoms with E-state index in [1.807, 2.05) is 97.1 Å². The second kappa shape index (κ2) is 13.0. The molecule has 44 heavy (non-hydrogen) atoms. The minimum Gasteiger partial charge on any atom is -0.506 e. The summed E-state index contributed by atoms with van der Waals surface area (Å²) < 4.78 is 0. The quantitative estimate of drug-likeness (QED) is 0.174. The van der Waals surface area contributed by atoms with Crippen LogP contribution in [0.2, 0.25) is 0 Å². The molecule has 0 bridgehead atoms. The van der Waals surface area contributed by atoms with Gasteiger partial charge < -0.3 is 15.7 Å². The van der Waals surface area contributed by atoms with E-state index in [1.54, 1.807) is 30.5 Å². The molecule has 216 valence electrons. The molecule has 6 nitrogen and oxygen atoms in total. The zero-order valence-corrected chi connectivity index (χ0v) is 24.0. The van der Waals surface area contributed by atoms with Gasteiger partial charge in [0.1, 0.15) is 17.3 Å². The summed E-state index contributed by atoms with van der Waals surface area (Å²) in [4.78, 5) is 31.2. The SMILES string of the molecule is O=C(NC(Cc1ccccc1)C(=O)NCc1ccc(-c2ccccc2)cc1)c1cccc(-c2cc(O)c3ncccc3c2)c1. The van der Waals surface area contributed by atoms with Crippen molar-refractivity contribution >= 4 is 22.7 Å². The lowest BCUT2D eigenvalue weighted by molar-refractivity contribution is -0.123. The first-order valence-corrected chi connectivity index (χ1v) is 14.5. The highest BCUT2D eigenvalue weighted by atomic mass is 16.3. The Morgan fingerprint density at radius 2 is 1.36 bits per heavy atom. The molecule has 0 spiro atoms. The lowest BCUT2D eigenvalue weighted by atomic mass is 10.00. The molecule has 2 amide bonds. The summed E-state index contributed by atoms with van der Waals surface area (Å²) in [5.41, 5.74) is 6.59. The second-order valence-corrected chi connectivity index (χ2v) is 10.6. The van der Waals surface area contributed by atoms with Gasteiger partial charge in [-0.05, 0) is 63.7 Å². The maximum atomic E-state index is 13.5. The van der Waals surface area contributed by atoms with Crippen LogP contribution in [0.15, 0.2) is 140 Å². The molecule has 0 aliphatic rings. The number of hydrogen-bond donors (Lipinski definition) is 3. The number of nitrogens with one attached hydrogen (secondary N) is 2. The second-order valence-electron chi connectivity index (χ2n) is 10.6. The van der Waals surface area contributed by atoms with E-state index < -0.39 is 6.04 Å². The third-order valence-electron chi connectivity index (χ3n) is 7.58. The summed E-state index contributed by atoms with van der Waals surface area (Å²) in [5.74, 6) is -0.554. The standard InChI is InChI=1S/C38H31N3O3/c42-35-24-33(23-31-15-8-20-39-36(31)35)30-13-7-14-32(22-30)37(43)41-34(21-26-9-3-1-4-10-26)38(44)40-25-27-16-18-29(19-17-27)28-11-5-2-6-12-28/h1-20,22-24,34,42H,21,25H2,(H,40,44)(H,41,43). The Balaban J connectivity index is 1.18.